The second kappa shape index (κ2) is 9.24. The van der Waals surface area contributed by atoms with E-state index in [0.29, 0.717) is 12.0 Å². The number of nitrogens with one attached hydrogen (secondary N) is 1. The van der Waals surface area contributed by atoms with Crippen LogP contribution in [0.1, 0.15) is 51.3 Å². The zero-order chi connectivity index (χ0) is 23.7. The van der Waals surface area contributed by atoms with Crippen LogP contribution in [0, 0.1) is 0 Å². The highest BCUT2D eigenvalue weighted by atomic mass is 16.2. The van der Waals surface area contributed by atoms with Crippen molar-refractivity contribution in [3.63, 3.8) is 0 Å². The van der Waals surface area contributed by atoms with Gasteiger partial charge in [-0.05, 0) is 37.8 Å². The first kappa shape index (κ1) is 22.1. The smallest absolute Gasteiger partial charge is 0.220 e. The maximum atomic E-state index is 11.6. The van der Waals surface area contributed by atoms with E-state index in [0.717, 1.165) is 84.3 Å². The molecule has 5 rings (SSSR count). The molecule has 1 aliphatic rings. The number of nitrogen functional groups attached to an aromatic ring is 1. The second-order valence-electron chi connectivity index (χ2n) is 8.98. The molecule has 0 radical (unpaired) electrons. The Kier molecular flexibility index (Phi) is 6.00. The van der Waals surface area contributed by atoms with Crippen molar-refractivity contribution >= 4 is 22.9 Å². The summed E-state index contributed by atoms with van der Waals surface area (Å²) in [6, 6.07) is 4.44. The zero-order valence-electron chi connectivity index (χ0n) is 19.7. The number of fused-ring (bicyclic) bond motifs is 1. The molecule has 1 amide bonds. The van der Waals surface area contributed by atoms with E-state index in [1.165, 1.54) is 0 Å². The average molecular weight is 459 g/mol. The number of aromatic amines is 1. The number of rotatable bonds is 6. The lowest BCUT2D eigenvalue weighted by Gasteiger charge is -2.31. The maximum Gasteiger partial charge on any atom is 0.220 e. The van der Waals surface area contributed by atoms with Crippen molar-refractivity contribution in [1.82, 2.24) is 34.6 Å². The van der Waals surface area contributed by atoms with Gasteiger partial charge in [0.15, 0.2) is 0 Å². The van der Waals surface area contributed by atoms with Crippen LogP contribution in [0.15, 0.2) is 36.9 Å². The van der Waals surface area contributed by atoms with Crippen LogP contribution in [-0.4, -0.2) is 53.6 Å². The zero-order valence-corrected chi connectivity index (χ0v) is 19.7. The van der Waals surface area contributed by atoms with Crippen LogP contribution in [0.5, 0.6) is 0 Å². The highest BCUT2D eigenvalue weighted by molar-refractivity contribution is 5.95. The third kappa shape index (κ3) is 4.37. The van der Waals surface area contributed by atoms with E-state index in [1.807, 2.05) is 34.2 Å². The maximum absolute atomic E-state index is 11.6. The quantitative estimate of drug-likeness (QED) is 0.451. The lowest BCUT2D eigenvalue weighted by Crippen LogP contribution is -2.37. The molecule has 9 nitrogen and oxygen atoms in total. The highest BCUT2D eigenvalue weighted by Crippen LogP contribution is 2.31. The minimum Gasteiger partial charge on any atom is -0.368 e. The van der Waals surface area contributed by atoms with E-state index in [-0.39, 0.29) is 5.91 Å². The molecule has 4 aromatic heterocycles. The number of H-pyrrole nitrogens is 1. The molecule has 0 aromatic carbocycles. The molecular weight excluding hydrogens is 428 g/mol. The Balaban J connectivity index is 1.42. The Hall–Kier alpha value is -3.75. The summed E-state index contributed by atoms with van der Waals surface area (Å²) >= 11 is 0. The molecule has 3 N–H and O–H groups in total. The van der Waals surface area contributed by atoms with Gasteiger partial charge in [-0.25, -0.2) is 15.0 Å². The van der Waals surface area contributed by atoms with Gasteiger partial charge >= 0.3 is 0 Å². The monoisotopic (exact) mass is 458 g/mol. The number of hydrogen-bond donors (Lipinski definition) is 2. The topological polar surface area (TPSA) is 119 Å². The molecule has 34 heavy (non-hydrogen) atoms. The van der Waals surface area contributed by atoms with Crippen LogP contribution in [0.4, 0.5) is 5.95 Å². The third-order valence-corrected chi connectivity index (χ3v) is 6.61. The van der Waals surface area contributed by atoms with Gasteiger partial charge in [0.25, 0.3) is 0 Å². The summed E-state index contributed by atoms with van der Waals surface area (Å²) < 4.78 is 2.03. The van der Waals surface area contributed by atoms with Crippen LogP contribution >= 0.6 is 0 Å². The fourth-order valence-electron chi connectivity index (χ4n) is 4.65. The highest BCUT2D eigenvalue weighted by Gasteiger charge is 2.22. The van der Waals surface area contributed by atoms with Crippen molar-refractivity contribution in [3.8, 4) is 22.4 Å². The molecular formula is C25H30N8O. The SMILES string of the molecule is CCCCc1cc(-c2c[nH]c3ncc(-c4cnn(C5CCN(C(C)=O)CC5)c4)cc23)nc(N)n1. The lowest BCUT2D eigenvalue weighted by atomic mass is 10.0. The van der Waals surface area contributed by atoms with Crippen molar-refractivity contribution in [2.75, 3.05) is 18.8 Å². The Morgan fingerprint density at radius 3 is 2.76 bits per heavy atom. The number of likely N-dealkylation sites (tertiary alicyclic amines) is 1. The molecule has 0 unspecified atom stereocenters. The molecule has 0 spiro atoms. The van der Waals surface area contributed by atoms with Gasteiger partial charge in [0.2, 0.25) is 11.9 Å². The first-order valence-electron chi connectivity index (χ1n) is 11.9. The Bertz CT molecular complexity index is 1320. The minimum absolute atomic E-state index is 0.143. The number of carbonyl (C=O) groups excluding carboxylic acids is 1. The molecule has 1 fully saturated rings. The number of aromatic nitrogens is 6. The molecule has 5 heterocycles. The number of unbranched alkanes of at least 4 members (excludes halogenated alkanes) is 1. The molecule has 4 aromatic rings. The number of pyridine rings is 1. The fraction of sp³-hybridized carbons (Fsp3) is 0.400. The van der Waals surface area contributed by atoms with Crippen LogP contribution < -0.4 is 5.73 Å². The standard InChI is InChI=1S/C25H30N8O/c1-3-4-5-19-11-23(31-25(26)30-19)22-14-28-24-21(22)10-17(12-27-24)18-13-29-33(15-18)20-6-8-32(9-7-20)16(2)34/h10-15,20H,3-9H2,1-2H3,(H,27,28)(H2,26,30,31). The van der Waals surface area contributed by atoms with Gasteiger partial charge in [-0.15, -0.1) is 0 Å². The van der Waals surface area contributed by atoms with Gasteiger partial charge in [-0.1, -0.05) is 13.3 Å². The largest absolute Gasteiger partial charge is 0.368 e. The molecule has 0 saturated carbocycles. The first-order valence-corrected chi connectivity index (χ1v) is 11.9. The van der Waals surface area contributed by atoms with Crippen LogP contribution in [-0.2, 0) is 11.2 Å². The molecule has 0 bridgehead atoms. The van der Waals surface area contributed by atoms with Gasteiger partial charge in [0.05, 0.1) is 17.9 Å². The fourth-order valence-corrected chi connectivity index (χ4v) is 4.65. The molecule has 0 atom stereocenters. The van der Waals surface area contributed by atoms with E-state index in [1.54, 1.807) is 6.92 Å². The number of nitrogens with zero attached hydrogens (tertiary/aromatic N) is 6. The number of piperidine rings is 1. The van der Waals surface area contributed by atoms with E-state index >= 15 is 0 Å². The third-order valence-electron chi connectivity index (χ3n) is 6.61. The van der Waals surface area contributed by atoms with Crippen LogP contribution in [0.3, 0.4) is 0 Å². The summed E-state index contributed by atoms with van der Waals surface area (Å²) in [5.41, 5.74) is 11.6. The second-order valence-corrected chi connectivity index (χ2v) is 8.98. The van der Waals surface area contributed by atoms with Crippen LogP contribution in [0.2, 0.25) is 0 Å². The van der Waals surface area contributed by atoms with E-state index in [4.69, 9.17) is 5.73 Å². The van der Waals surface area contributed by atoms with E-state index < -0.39 is 0 Å². The van der Waals surface area contributed by atoms with Crippen LogP contribution in [0.25, 0.3) is 33.4 Å². The van der Waals surface area contributed by atoms with Crippen molar-refractivity contribution in [2.24, 2.45) is 0 Å². The lowest BCUT2D eigenvalue weighted by molar-refractivity contribution is -0.130. The Morgan fingerprint density at radius 2 is 2.00 bits per heavy atom. The Labute approximate surface area is 198 Å². The molecule has 176 valence electrons. The molecule has 1 aliphatic heterocycles. The molecule has 9 heteroatoms. The van der Waals surface area contributed by atoms with E-state index in [2.05, 4.69) is 44.2 Å². The van der Waals surface area contributed by atoms with Gasteiger partial charge in [0.1, 0.15) is 5.65 Å². The van der Waals surface area contributed by atoms with Gasteiger partial charge in [0, 0.05) is 66.4 Å². The molecule has 1 saturated heterocycles. The summed E-state index contributed by atoms with van der Waals surface area (Å²) in [6.07, 6.45) is 12.6. The summed E-state index contributed by atoms with van der Waals surface area (Å²) in [5, 5.41) is 5.61. The van der Waals surface area contributed by atoms with Gasteiger partial charge in [-0.2, -0.15) is 5.10 Å². The number of anilines is 1. The number of aryl methyl sites for hydroxylation is 1. The first-order chi connectivity index (χ1) is 16.5. The van der Waals surface area contributed by atoms with Crippen molar-refractivity contribution in [2.45, 2.75) is 52.0 Å². The predicted octanol–water partition coefficient (Wildman–Crippen LogP) is 3.99. The number of nitrogens with two attached hydrogens (primary N) is 1. The molecule has 0 aliphatic carbocycles. The predicted molar refractivity (Wildman–Crippen MR) is 132 cm³/mol. The van der Waals surface area contributed by atoms with E-state index in [9.17, 15) is 4.79 Å². The van der Waals surface area contributed by atoms with Gasteiger partial charge in [-0.3, -0.25) is 9.48 Å². The number of hydrogen-bond acceptors (Lipinski definition) is 6. The number of amides is 1. The van der Waals surface area contributed by atoms with Gasteiger partial charge < -0.3 is 15.6 Å². The summed E-state index contributed by atoms with van der Waals surface area (Å²) in [4.78, 5) is 30.3. The summed E-state index contributed by atoms with van der Waals surface area (Å²) in [6.45, 7) is 5.34. The van der Waals surface area contributed by atoms with Crippen molar-refractivity contribution < 1.29 is 4.79 Å². The average Bonchev–Trinajstić information content (AvgIpc) is 3.49. The summed E-state index contributed by atoms with van der Waals surface area (Å²) in [5.74, 6) is 0.434. The van der Waals surface area contributed by atoms with Crippen molar-refractivity contribution in [1.29, 1.82) is 0 Å². The Morgan fingerprint density at radius 1 is 1.18 bits per heavy atom. The minimum atomic E-state index is 0.143. The normalized spacial score (nSPS) is 14.7. The summed E-state index contributed by atoms with van der Waals surface area (Å²) in [7, 11) is 0. The number of carbonyl (C=O) groups is 1. The van der Waals surface area contributed by atoms with Crippen molar-refractivity contribution in [3.05, 3.63) is 42.6 Å².